The van der Waals surface area contributed by atoms with Gasteiger partial charge in [0.05, 0.1) is 28.3 Å². The lowest BCUT2D eigenvalue weighted by molar-refractivity contribution is 0.0952. The number of para-hydroxylation sites is 2. The largest absolute Gasteiger partial charge is 0.348 e. The van der Waals surface area contributed by atoms with Crippen LogP contribution in [0.4, 0.5) is 0 Å². The maximum atomic E-state index is 13.3. The highest BCUT2D eigenvalue weighted by Crippen LogP contribution is 2.20. The van der Waals surface area contributed by atoms with Gasteiger partial charge in [-0.25, -0.2) is 14.8 Å². The number of benzene rings is 2. The van der Waals surface area contributed by atoms with Crippen molar-refractivity contribution in [1.82, 2.24) is 29.4 Å². The number of aromatic nitrogens is 5. The number of H-pyrrole nitrogens is 1. The van der Waals surface area contributed by atoms with Crippen molar-refractivity contribution in [3.8, 4) is 0 Å². The van der Waals surface area contributed by atoms with Crippen LogP contribution in [0.1, 0.15) is 53.9 Å². The van der Waals surface area contributed by atoms with E-state index >= 15 is 0 Å². The van der Waals surface area contributed by atoms with Crippen LogP contribution in [-0.2, 0) is 19.6 Å². The molecule has 9 heteroatoms. The molecule has 0 aliphatic rings. The Balaban J connectivity index is 1.37. The van der Waals surface area contributed by atoms with Gasteiger partial charge in [0.1, 0.15) is 0 Å². The molecule has 0 aliphatic carbocycles. The highest BCUT2D eigenvalue weighted by Gasteiger charge is 2.20. The molecule has 0 spiro atoms. The third-order valence-electron chi connectivity index (χ3n) is 6.48. The van der Waals surface area contributed by atoms with Gasteiger partial charge in [-0.2, -0.15) is 0 Å². The van der Waals surface area contributed by atoms with Gasteiger partial charge < -0.3 is 9.88 Å². The zero-order valence-corrected chi connectivity index (χ0v) is 21.0. The lowest BCUT2D eigenvalue weighted by Gasteiger charge is -2.14. The average molecular weight is 497 g/mol. The molecule has 0 bridgehead atoms. The van der Waals surface area contributed by atoms with Crippen molar-refractivity contribution in [2.24, 2.45) is 0 Å². The van der Waals surface area contributed by atoms with E-state index in [0.717, 1.165) is 22.2 Å². The number of nitrogens with one attached hydrogen (secondary N) is 2. The Labute approximate surface area is 212 Å². The summed E-state index contributed by atoms with van der Waals surface area (Å²) in [6, 6.07) is 17.6. The van der Waals surface area contributed by atoms with Gasteiger partial charge in [-0.3, -0.25) is 19.1 Å². The summed E-state index contributed by atoms with van der Waals surface area (Å²) in [5, 5.41) is 3.04. The number of fused-ring (bicyclic) bond motifs is 2. The predicted molar refractivity (Wildman–Crippen MR) is 143 cm³/mol. The summed E-state index contributed by atoms with van der Waals surface area (Å²) in [6.45, 7) is 7.00. The fourth-order valence-corrected chi connectivity index (χ4v) is 4.43. The first-order valence-corrected chi connectivity index (χ1v) is 12.3. The highest BCUT2D eigenvalue weighted by atomic mass is 16.2. The third-order valence-corrected chi connectivity index (χ3v) is 6.48. The Bertz CT molecular complexity index is 1730. The zero-order chi connectivity index (χ0) is 26.1. The molecule has 3 heterocycles. The maximum absolute atomic E-state index is 13.3. The molecule has 2 N–H and O–H groups in total. The Morgan fingerprint density at radius 3 is 2.51 bits per heavy atom. The zero-order valence-electron chi connectivity index (χ0n) is 21.0. The number of aryl methyl sites for hydroxylation is 1. The number of carbonyl (C=O) groups excluding carboxylic acids is 1. The number of rotatable bonds is 7. The standard InChI is InChI=1S/C28H28N6O3/c1-4-34-25-24(27(36)32-28(34)37)20(13-22(31-25)17(2)3)26(35)29-14-18-9-11-19(12-10-18)15-33-16-30-21-7-5-6-8-23(21)33/h5-13,16-17H,4,14-15H2,1-3H3,(H,29,35)(H,32,36,37). The van der Waals surface area contributed by atoms with Crippen LogP contribution >= 0.6 is 0 Å². The van der Waals surface area contributed by atoms with Crippen LogP contribution in [-0.4, -0.2) is 30.0 Å². The van der Waals surface area contributed by atoms with E-state index < -0.39 is 17.2 Å². The summed E-state index contributed by atoms with van der Waals surface area (Å²) < 4.78 is 3.47. The van der Waals surface area contributed by atoms with E-state index in [1.54, 1.807) is 13.0 Å². The fraction of sp³-hybridized carbons (Fsp3) is 0.250. The minimum Gasteiger partial charge on any atom is -0.348 e. The van der Waals surface area contributed by atoms with E-state index in [0.29, 0.717) is 25.3 Å². The van der Waals surface area contributed by atoms with Crippen molar-refractivity contribution in [2.45, 2.75) is 46.3 Å². The van der Waals surface area contributed by atoms with E-state index in [9.17, 15) is 14.4 Å². The molecule has 0 atom stereocenters. The maximum Gasteiger partial charge on any atom is 0.329 e. The van der Waals surface area contributed by atoms with Gasteiger partial charge in [0, 0.05) is 25.3 Å². The summed E-state index contributed by atoms with van der Waals surface area (Å²) in [6.07, 6.45) is 1.84. The van der Waals surface area contributed by atoms with Crippen LogP contribution in [0.15, 0.2) is 70.5 Å². The van der Waals surface area contributed by atoms with E-state index in [1.165, 1.54) is 4.57 Å². The average Bonchev–Trinajstić information content (AvgIpc) is 3.30. The molecule has 0 unspecified atom stereocenters. The molecule has 9 nitrogen and oxygen atoms in total. The molecule has 37 heavy (non-hydrogen) atoms. The lowest BCUT2D eigenvalue weighted by Crippen LogP contribution is -2.33. The summed E-state index contributed by atoms with van der Waals surface area (Å²) in [5.41, 5.74) is 4.00. The third kappa shape index (κ3) is 4.67. The minimum atomic E-state index is -0.617. The van der Waals surface area contributed by atoms with Crippen molar-refractivity contribution >= 4 is 28.0 Å². The first-order chi connectivity index (χ1) is 17.9. The highest BCUT2D eigenvalue weighted by molar-refractivity contribution is 6.05. The normalized spacial score (nSPS) is 11.5. The number of carbonyl (C=O) groups is 1. The van der Waals surface area contributed by atoms with Crippen molar-refractivity contribution in [3.63, 3.8) is 0 Å². The van der Waals surface area contributed by atoms with Gasteiger partial charge >= 0.3 is 5.69 Å². The second kappa shape index (κ2) is 9.85. The van der Waals surface area contributed by atoms with Gasteiger partial charge in [0.15, 0.2) is 5.65 Å². The van der Waals surface area contributed by atoms with Crippen molar-refractivity contribution in [1.29, 1.82) is 0 Å². The summed E-state index contributed by atoms with van der Waals surface area (Å²) in [7, 11) is 0. The molecule has 5 rings (SSSR count). The number of nitrogens with zero attached hydrogens (tertiary/aromatic N) is 4. The van der Waals surface area contributed by atoms with Gasteiger partial charge in [0.2, 0.25) is 0 Å². The fourth-order valence-electron chi connectivity index (χ4n) is 4.43. The van der Waals surface area contributed by atoms with E-state index in [1.807, 2.05) is 68.7 Å². The molecular weight excluding hydrogens is 468 g/mol. The summed E-state index contributed by atoms with van der Waals surface area (Å²) in [4.78, 5) is 49.6. The Kier molecular flexibility index (Phi) is 6.43. The number of hydrogen-bond acceptors (Lipinski definition) is 5. The van der Waals surface area contributed by atoms with E-state index in [4.69, 9.17) is 0 Å². The lowest BCUT2D eigenvalue weighted by atomic mass is 10.0. The van der Waals surface area contributed by atoms with Gasteiger partial charge in [0.25, 0.3) is 11.5 Å². The van der Waals surface area contributed by atoms with Gasteiger partial charge in [-0.1, -0.05) is 50.2 Å². The molecule has 2 aromatic carbocycles. The first kappa shape index (κ1) is 24.2. The Hall–Kier alpha value is -4.53. The van der Waals surface area contributed by atoms with Crippen LogP contribution in [0, 0.1) is 0 Å². The number of aromatic amines is 1. The number of amides is 1. The molecule has 1 amide bonds. The number of pyridine rings is 1. The molecular formula is C28H28N6O3. The van der Waals surface area contributed by atoms with Crippen LogP contribution < -0.4 is 16.6 Å². The van der Waals surface area contributed by atoms with Gasteiger partial charge in [-0.05, 0) is 42.2 Å². The van der Waals surface area contributed by atoms with Gasteiger partial charge in [-0.15, -0.1) is 0 Å². The summed E-state index contributed by atoms with van der Waals surface area (Å²) >= 11 is 0. The topological polar surface area (TPSA) is 115 Å². The monoisotopic (exact) mass is 496 g/mol. The first-order valence-electron chi connectivity index (χ1n) is 12.3. The Morgan fingerprint density at radius 1 is 1.05 bits per heavy atom. The van der Waals surface area contributed by atoms with E-state index in [2.05, 4.69) is 24.8 Å². The summed E-state index contributed by atoms with van der Waals surface area (Å²) in [5.74, 6) is -0.383. The molecule has 3 aromatic heterocycles. The molecule has 0 fully saturated rings. The SMILES string of the molecule is CCn1c(=O)[nH]c(=O)c2c(C(=O)NCc3ccc(Cn4cnc5ccccc54)cc3)cc(C(C)C)nc21. The Morgan fingerprint density at radius 2 is 1.78 bits per heavy atom. The van der Waals surface area contributed by atoms with Crippen LogP contribution in [0.3, 0.4) is 0 Å². The second-order valence-electron chi connectivity index (χ2n) is 9.31. The smallest absolute Gasteiger partial charge is 0.329 e. The molecule has 0 aliphatic heterocycles. The molecule has 0 saturated heterocycles. The van der Waals surface area contributed by atoms with Crippen molar-refractivity contribution < 1.29 is 4.79 Å². The number of imidazole rings is 1. The minimum absolute atomic E-state index is 0.0100. The van der Waals surface area contributed by atoms with Crippen LogP contribution in [0.5, 0.6) is 0 Å². The predicted octanol–water partition coefficient (Wildman–Crippen LogP) is 3.56. The van der Waals surface area contributed by atoms with Crippen LogP contribution in [0.25, 0.3) is 22.1 Å². The van der Waals surface area contributed by atoms with Crippen LogP contribution in [0.2, 0.25) is 0 Å². The second-order valence-corrected chi connectivity index (χ2v) is 9.31. The molecule has 0 saturated carbocycles. The molecule has 5 aromatic rings. The molecule has 0 radical (unpaired) electrons. The quantitative estimate of drug-likeness (QED) is 0.358. The van der Waals surface area contributed by atoms with E-state index in [-0.39, 0.29) is 22.5 Å². The van der Waals surface area contributed by atoms with Crippen molar-refractivity contribution in [3.05, 3.63) is 104 Å². The number of hydrogen-bond donors (Lipinski definition) is 2. The van der Waals surface area contributed by atoms with Crippen molar-refractivity contribution in [2.75, 3.05) is 0 Å². The molecule has 188 valence electrons.